The maximum absolute atomic E-state index is 9.21. The van der Waals surface area contributed by atoms with Crippen LogP contribution in [0.2, 0.25) is 10.0 Å². The molecule has 0 aliphatic carbocycles. The van der Waals surface area contributed by atoms with E-state index in [0.717, 1.165) is 0 Å². The number of halogens is 2. The van der Waals surface area contributed by atoms with E-state index in [4.69, 9.17) is 33.7 Å². The average molecular weight is 239 g/mol. The van der Waals surface area contributed by atoms with Crippen LogP contribution in [-0.2, 0) is 0 Å². The van der Waals surface area contributed by atoms with Crippen molar-refractivity contribution in [3.8, 4) is 17.9 Å². The minimum absolute atomic E-state index is 0.000598. The maximum atomic E-state index is 9.21. The number of nitriles is 2. The van der Waals surface area contributed by atoms with Gasteiger partial charge in [-0.3, -0.25) is 0 Å². The van der Waals surface area contributed by atoms with Gasteiger partial charge in [-0.05, 0) is 23.8 Å². The predicted octanol–water partition coefficient (Wildman–Crippen LogP) is 3.13. The highest BCUT2D eigenvalue weighted by molar-refractivity contribution is 6.43. The van der Waals surface area contributed by atoms with Crippen LogP contribution in [0.25, 0.3) is 6.08 Å². The van der Waals surface area contributed by atoms with Crippen molar-refractivity contribution < 1.29 is 5.11 Å². The van der Waals surface area contributed by atoms with Crippen molar-refractivity contribution in [1.82, 2.24) is 0 Å². The maximum Gasteiger partial charge on any atom is 0.135 e. The molecule has 1 rings (SSSR count). The number of phenolic OH excluding ortho intramolecular Hbond substituents is 1. The van der Waals surface area contributed by atoms with Crippen molar-refractivity contribution in [3.63, 3.8) is 0 Å². The Morgan fingerprint density at radius 1 is 1.20 bits per heavy atom. The van der Waals surface area contributed by atoms with Crippen molar-refractivity contribution >= 4 is 29.3 Å². The van der Waals surface area contributed by atoms with E-state index in [-0.39, 0.29) is 21.4 Å². The van der Waals surface area contributed by atoms with Gasteiger partial charge in [0.15, 0.2) is 0 Å². The summed E-state index contributed by atoms with van der Waals surface area (Å²) >= 11 is 11.5. The minimum Gasteiger partial charge on any atom is -0.506 e. The predicted molar refractivity (Wildman–Crippen MR) is 57.3 cm³/mol. The molecule has 0 aliphatic heterocycles. The van der Waals surface area contributed by atoms with Crippen molar-refractivity contribution in [2.24, 2.45) is 0 Å². The molecule has 0 heterocycles. The Balaban J connectivity index is 3.32. The van der Waals surface area contributed by atoms with Crippen LogP contribution in [0, 0.1) is 22.7 Å². The zero-order valence-corrected chi connectivity index (χ0v) is 8.84. The Bertz CT molecular complexity index is 493. The van der Waals surface area contributed by atoms with Gasteiger partial charge in [0.05, 0.1) is 5.02 Å². The normalized spacial score (nSPS) is 8.80. The van der Waals surface area contributed by atoms with Crippen molar-refractivity contribution in [2.45, 2.75) is 0 Å². The molecule has 0 saturated carbocycles. The number of aromatic hydroxyl groups is 1. The number of phenols is 1. The summed E-state index contributed by atoms with van der Waals surface area (Å²) in [4.78, 5) is 0. The Kier molecular flexibility index (Phi) is 3.57. The fourth-order valence-corrected chi connectivity index (χ4v) is 1.30. The quantitative estimate of drug-likeness (QED) is 0.765. The van der Waals surface area contributed by atoms with Gasteiger partial charge in [0.2, 0.25) is 0 Å². The molecule has 0 radical (unpaired) electrons. The fraction of sp³-hybridized carbons (Fsp3) is 0. The van der Waals surface area contributed by atoms with Crippen LogP contribution in [0.15, 0.2) is 17.7 Å². The van der Waals surface area contributed by atoms with Gasteiger partial charge in [0.25, 0.3) is 0 Å². The molecule has 0 aliphatic rings. The summed E-state index contributed by atoms with van der Waals surface area (Å²) in [5.41, 5.74) is 0.330. The molecule has 0 fully saturated rings. The molecule has 15 heavy (non-hydrogen) atoms. The lowest BCUT2D eigenvalue weighted by Crippen LogP contribution is -1.80. The molecule has 0 aromatic heterocycles. The van der Waals surface area contributed by atoms with Crippen LogP contribution in [0.4, 0.5) is 0 Å². The zero-order valence-electron chi connectivity index (χ0n) is 7.33. The first-order valence-electron chi connectivity index (χ1n) is 3.79. The molecule has 0 atom stereocenters. The summed E-state index contributed by atoms with van der Waals surface area (Å²) in [7, 11) is 0. The summed E-state index contributed by atoms with van der Waals surface area (Å²) in [6, 6.07) is 6.20. The second-order valence-electron chi connectivity index (χ2n) is 2.58. The Hall–Kier alpha value is -1.68. The summed E-state index contributed by atoms with van der Waals surface area (Å²) in [6.45, 7) is 0. The fourth-order valence-electron chi connectivity index (χ4n) is 0.911. The van der Waals surface area contributed by atoms with Crippen LogP contribution in [-0.4, -0.2) is 5.11 Å². The Labute approximate surface area is 96.4 Å². The number of benzene rings is 1. The van der Waals surface area contributed by atoms with E-state index in [0.29, 0.717) is 5.56 Å². The second-order valence-corrected chi connectivity index (χ2v) is 3.34. The molecule has 0 bridgehead atoms. The van der Waals surface area contributed by atoms with E-state index < -0.39 is 0 Å². The smallest absolute Gasteiger partial charge is 0.135 e. The largest absolute Gasteiger partial charge is 0.506 e. The van der Waals surface area contributed by atoms with Gasteiger partial charge in [0, 0.05) is 0 Å². The number of allylic oxidation sites excluding steroid dienone is 1. The highest BCUT2D eigenvalue weighted by Gasteiger charge is 2.08. The second kappa shape index (κ2) is 4.70. The molecule has 0 saturated heterocycles. The molecule has 0 unspecified atom stereocenters. The molecule has 3 nitrogen and oxygen atoms in total. The van der Waals surface area contributed by atoms with E-state index in [1.807, 2.05) is 0 Å². The minimum atomic E-state index is -0.144. The average Bonchev–Trinajstić information content (AvgIpc) is 2.25. The van der Waals surface area contributed by atoms with Crippen molar-refractivity contribution in [2.75, 3.05) is 0 Å². The molecular weight excluding hydrogens is 235 g/mol. The molecule has 1 aromatic carbocycles. The third-order valence-corrected chi connectivity index (χ3v) is 2.52. The van der Waals surface area contributed by atoms with Gasteiger partial charge < -0.3 is 5.11 Å². The van der Waals surface area contributed by atoms with Crippen LogP contribution in [0.1, 0.15) is 5.56 Å². The van der Waals surface area contributed by atoms with Crippen LogP contribution in [0.3, 0.4) is 0 Å². The topological polar surface area (TPSA) is 67.8 Å². The van der Waals surface area contributed by atoms with Crippen molar-refractivity contribution in [1.29, 1.82) is 10.5 Å². The van der Waals surface area contributed by atoms with Crippen molar-refractivity contribution in [3.05, 3.63) is 33.3 Å². The monoisotopic (exact) mass is 238 g/mol. The van der Waals surface area contributed by atoms with Gasteiger partial charge in [0.1, 0.15) is 28.5 Å². The zero-order chi connectivity index (χ0) is 11.4. The van der Waals surface area contributed by atoms with Gasteiger partial charge >= 0.3 is 0 Å². The molecule has 0 amide bonds. The number of hydrogen-bond donors (Lipinski definition) is 1. The molecule has 0 spiro atoms. The Morgan fingerprint density at radius 2 is 1.80 bits per heavy atom. The van der Waals surface area contributed by atoms with Crippen LogP contribution in [0.5, 0.6) is 5.75 Å². The lowest BCUT2D eigenvalue weighted by atomic mass is 10.1. The standard InChI is InChI=1S/C10H4Cl2N2O/c11-9-7(3-6(4-13)5-14)1-2-8(15)10(9)12/h1-3,15H. The first-order valence-corrected chi connectivity index (χ1v) is 4.54. The van der Waals surface area contributed by atoms with E-state index >= 15 is 0 Å². The number of nitrogens with zero attached hydrogens (tertiary/aromatic N) is 2. The van der Waals surface area contributed by atoms with E-state index in [1.54, 1.807) is 12.1 Å². The molecule has 1 N–H and O–H groups in total. The van der Waals surface area contributed by atoms with Crippen LogP contribution >= 0.6 is 23.2 Å². The summed E-state index contributed by atoms with van der Waals surface area (Å²) < 4.78 is 0. The first-order chi connectivity index (χ1) is 7.10. The highest BCUT2D eigenvalue weighted by Crippen LogP contribution is 2.34. The van der Waals surface area contributed by atoms with E-state index in [2.05, 4.69) is 0 Å². The lowest BCUT2D eigenvalue weighted by Gasteiger charge is -2.02. The highest BCUT2D eigenvalue weighted by atomic mass is 35.5. The van der Waals surface area contributed by atoms with Gasteiger partial charge in [-0.1, -0.05) is 23.2 Å². The summed E-state index contributed by atoms with van der Waals surface area (Å²) in [6.07, 6.45) is 1.30. The Morgan fingerprint density at radius 3 is 2.33 bits per heavy atom. The first kappa shape index (κ1) is 11.4. The number of rotatable bonds is 1. The molecule has 5 heteroatoms. The SMILES string of the molecule is N#CC(C#N)=Cc1ccc(O)c(Cl)c1Cl. The number of hydrogen-bond acceptors (Lipinski definition) is 3. The van der Waals surface area contributed by atoms with Gasteiger partial charge in [-0.2, -0.15) is 10.5 Å². The summed E-state index contributed by atoms with van der Waals surface area (Å²) in [5.74, 6) is -0.144. The van der Waals surface area contributed by atoms with E-state index in [9.17, 15) is 5.11 Å². The molecule has 1 aromatic rings. The third-order valence-electron chi connectivity index (χ3n) is 1.63. The third kappa shape index (κ3) is 2.41. The van der Waals surface area contributed by atoms with Crippen LogP contribution < -0.4 is 0 Å². The summed E-state index contributed by atoms with van der Waals surface area (Å²) in [5, 5.41) is 26.4. The van der Waals surface area contributed by atoms with Gasteiger partial charge in [-0.25, -0.2) is 0 Å². The molecular formula is C10H4Cl2N2O. The van der Waals surface area contributed by atoms with Gasteiger partial charge in [-0.15, -0.1) is 0 Å². The molecule has 74 valence electrons. The van der Waals surface area contributed by atoms with E-state index in [1.165, 1.54) is 18.2 Å². The lowest BCUT2D eigenvalue weighted by molar-refractivity contribution is 0.475.